The number of carbonyl (C=O) groups excluding carboxylic acids is 3. The van der Waals surface area contributed by atoms with Gasteiger partial charge < -0.3 is 14.9 Å². The van der Waals surface area contributed by atoms with Gasteiger partial charge in [-0.1, -0.05) is 13.8 Å². The Morgan fingerprint density at radius 2 is 1.90 bits per heavy atom. The van der Waals surface area contributed by atoms with E-state index in [-0.39, 0.29) is 23.2 Å². The first-order valence-electron chi connectivity index (χ1n) is 11.1. The van der Waals surface area contributed by atoms with Crippen LogP contribution in [0, 0.1) is 34.5 Å². The molecule has 0 aromatic rings. The van der Waals surface area contributed by atoms with Crippen LogP contribution in [0.5, 0.6) is 0 Å². The van der Waals surface area contributed by atoms with E-state index in [1.807, 2.05) is 6.92 Å². The Hall–Kier alpha value is -1.27. The van der Waals surface area contributed by atoms with Crippen molar-refractivity contribution in [3.05, 3.63) is 0 Å². The van der Waals surface area contributed by atoms with Gasteiger partial charge in [-0.15, -0.1) is 0 Å². The third kappa shape index (κ3) is 2.93. The summed E-state index contributed by atoms with van der Waals surface area (Å²) in [5, 5.41) is 22.8. The standard InChI is InChI=1S/C23H34O6/c1-13(24)29-12-19(27)23(28)9-7-17-16-5-4-14-10-15(25)6-8-21(14,2)20(16)18(26)11-22(17,23)3/h14,16-18,20,26,28H,4-12H2,1-3H3/t14-,16-,17-,18?,20+,21-,22-,23-/m0/s1. The molecule has 6 nitrogen and oxygen atoms in total. The fourth-order valence-electron chi connectivity index (χ4n) is 7.92. The van der Waals surface area contributed by atoms with Gasteiger partial charge in [0.2, 0.25) is 5.78 Å². The molecule has 29 heavy (non-hydrogen) atoms. The average molecular weight is 407 g/mol. The Balaban J connectivity index is 1.63. The molecule has 8 atom stereocenters. The van der Waals surface area contributed by atoms with Crippen LogP contribution in [-0.2, 0) is 19.1 Å². The van der Waals surface area contributed by atoms with Crippen molar-refractivity contribution in [1.82, 2.24) is 0 Å². The number of ether oxygens (including phenoxy) is 1. The molecule has 0 saturated heterocycles. The smallest absolute Gasteiger partial charge is 0.303 e. The normalized spacial score (nSPS) is 49.0. The maximum Gasteiger partial charge on any atom is 0.303 e. The van der Waals surface area contributed by atoms with Crippen LogP contribution in [-0.4, -0.2) is 46.1 Å². The molecule has 0 amide bonds. The van der Waals surface area contributed by atoms with Crippen LogP contribution in [0.2, 0.25) is 0 Å². The van der Waals surface area contributed by atoms with E-state index in [1.165, 1.54) is 6.92 Å². The highest BCUT2D eigenvalue weighted by atomic mass is 16.5. The summed E-state index contributed by atoms with van der Waals surface area (Å²) in [6.45, 7) is 5.02. The highest BCUT2D eigenvalue weighted by Gasteiger charge is 2.68. The van der Waals surface area contributed by atoms with E-state index in [0.717, 1.165) is 25.7 Å². The summed E-state index contributed by atoms with van der Waals surface area (Å²) in [4.78, 5) is 36.1. The lowest BCUT2D eigenvalue weighted by molar-refractivity contribution is -0.199. The quantitative estimate of drug-likeness (QED) is 0.698. The molecule has 0 heterocycles. The average Bonchev–Trinajstić information content (AvgIpc) is 2.91. The second kappa shape index (κ2) is 6.88. The van der Waals surface area contributed by atoms with E-state index in [2.05, 4.69) is 6.92 Å². The van der Waals surface area contributed by atoms with Gasteiger partial charge in [0.15, 0.2) is 6.61 Å². The van der Waals surface area contributed by atoms with E-state index in [4.69, 9.17) is 4.74 Å². The van der Waals surface area contributed by atoms with Crippen LogP contribution < -0.4 is 0 Å². The largest absolute Gasteiger partial charge is 0.458 e. The Morgan fingerprint density at radius 3 is 2.59 bits per heavy atom. The van der Waals surface area contributed by atoms with Crippen molar-refractivity contribution in [2.75, 3.05) is 6.61 Å². The molecular formula is C23H34O6. The summed E-state index contributed by atoms with van der Waals surface area (Å²) < 4.78 is 4.89. The molecule has 4 saturated carbocycles. The Kier molecular flexibility index (Phi) is 4.97. The predicted octanol–water partition coefficient (Wildman–Crippen LogP) is 2.43. The number of hydrogen-bond acceptors (Lipinski definition) is 6. The number of fused-ring (bicyclic) bond motifs is 5. The molecule has 0 spiro atoms. The van der Waals surface area contributed by atoms with Crippen LogP contribution in [0.15, 0.2) is 0 Å². The molecule has 2 N–H and O–H groups in total. The van der Waals surface area contributed by atoms with Gasteiger partial charge >= 0.3 is 5.97 Å². The van der Waals surface area contributed by atoms with Crippen molar-refractivity contribution in [2.45, 2.75) is 83.8 Å². The second-order valence-electron chi connectivity index (χ2n) is 10.6. The Morgan fingerprint density at radius 1 is 1.17 bits per heavy atom. The highest BCUT2D eigenvalue weighted by Crippen LogP contribution is 2.68. The van der Waals surface area contributed by atoms with Crippen molar-refractivity contribution in [1.29, 1.82) is 0 Å². The SMILES string of the molecule is CC(=O)OCC(=O)[C@@]1(O)CC[C@H]2[C@@H]3CC[C@H]4CC(=O)CC[C@]4(C)[C@H]3C(O)C[C@@]21C. The number of aliphatic hydroxyl groups excluding tert-OH is 1. The number of aliphatic hydroxyl groups is 2. The highest BCUT2D eigenvalue weighted by molar-refractivity contribution is 5.91. The molecule has 162 valence electrons. The van der Waals surface area contributed by atoms with Gasteiger partial charge in [-0.2, -0.15) is 0 Å². The fraction of sp³-hybridized carbons (Fsp3) is 0.870. The molecule has 0 bridgehead atoms. The summed E-state index contributed by atoms with van der Waals surface area (Å²) >= 11 is 0. The van der Waals surface area contributed by atoms with Crippen molar-refractivity contribution < 1.29 is 29.3 Å². The fourth-order valence-corrected chi connectivity index (χ4v) is 7.92. The number of Topliss-reactive ketones (excluding diaryl/α,β-unsaturated/α-hetero) is 2. The van der Waals surface area contributed by atoms with Crippen LogP contribution in [0.1, 0.15) is 72.1 Å². The topological polar surface area (TPSA) is 101 Å². The van der Waals surface area contributed by atoms with Crippen LogP contribution in [0.25, 0.3) is 0 Å². The van der Waals surface area contributed by atoms with Gasteiger partial charge in [-0.05, 0) is 67.6 Å². The molecule has 4 aliphatic carbocycles. The van der Waals surface area contributed by atoms with Gasteiger partial charge in [0.05, 0.1) is 6.10 Å². The molecule has 1 unspecified atom stereocenters. The molecule has 4 aliphatic rings. The van der Waals surface area contributed by atoms with Crippen LogP contribution in [0.4, 0.5) is 0 Å². The van der Waals surface area contributed by atoms with E-state index >= 15 is 0 Å². The summed E-state index contributed by atoms with van der Waals surface area (Å²) in [5.74, 6) is 0.182. The van der Waals surface area contributed by atoms with Crippen molar-refractivity contribution in [3.8, 4) is 0 Å². The number of hydrogen-bond donors (Lipinski definition) is 2. The number of ketones is 2. The van der Waals surface area contributed by atoms with Crippen molar-refractivity contribution in [3.63, 3.8) is 0 Å². The zero-order chi connectivity index (χ0) is 21.2. The van der Waals surface area contributed by atoms with E-state index in [0.29, 0.717) is 37.4 Å². The third-order valence-corrected chi connectivity index (χ3v) is 9.43. The minimum Gasteiger partial charge on any atom is -0.458 e. The molecule has 0 aliphatic heterocycles. The number of esters is 1. The zero-order valence-electron chi connectivity index (χ0n) is 17.8. The predicted molar refractivity (Wildman–Crippen MR) is 105 cm³/mol. The first kappa shape index (κ1) is 21.0. The lowest BCUT2D eigenvalue weighted by Crippen LogP contribution is -2.63. The lowest BCUT2D eigenvalue weighted by atomic mass is 9.43. The number of carbonyl (C=O) groups is 3. The first-order valence-corrected chi connectivity index (χ1v) is 11.1. The Bertz CT molecular complexity index is 733. The molecule has 0 aromatic carbocycles. The van der Waals surface area contributed by atoms with Crippen LogP contribution in [0.3, 0.4) is 0 Å². The molecular weight excluding hydrogens is 372 g/mol. The van der Waals surface area contributed by atoms with Gasteiger partial charge in [0, 0.05) is 25.2 Å². The van der Waals surface area contributed by atoms with Gasteiger partial charge in [-0.3, -0.25) is 14.4 Å². The van der Waals surface area contributed by atoms with E-state index in [1.54, 1.807) is 0 Å². The number of rotatable bonds is 3. The maximum atomic E-state index is 12.9. The Labute approximate surface area is 172 Å². The van der Waals surface area contributed by atoms with Crippen molar-refractivity contribution in [2.24, 2.45) is 34.5 Å². The summed E-state index contributed by atoms with van der Waals surface area (Å²) in [6.07, 6.45) is 4.81. The molecule has 0 radical (unpaired) electrons. The molecule has 6 heteroatoms. The van der Waals surface area contributed by atoms with Crippen molar-refractivity contribution >= 4 is 17.5 Å². The van der Waals surface area contributed by atoms with E-state index in [9.17, 15) is 24.6 Å². The first-order chi connectivity index (χ1) is 13.5. The third-order valence-electron chi connectivity index (χ3n) is 9.43. The lowest BCUT2D eigenvalue weighted by Gasteiger charge is -2.62. The van der Waals surface area contributed by atoms with Crippen LogP contribution >= 0.6 is 0 Å². The van der Waals surface area contributed by atoms with E-state index < -0.39 is 35.5 Å². The maximum absolute atomic E-state index is 12.9. The minimum absolute atomic E-state index is 0.0555. The zero-order valence-corrected chi connectivity index (χ0v) is 17.8. The summed E-state index contributed by atoms with van der Waals surface area (Å²) in [6, 6.07) is 0. The minimum atomic E-state index is -1.57. The molecule has 4 fully saturated rings. The molecule has 0 aromatic heterocycles. The van der Waals surface area contributed by atoms with Gasteiger partial charge in [0.25, 0.3) is 0 Å². The molecule has 4 rings (SSSR count). The summed E-state index contributed by atoms with van der Waals surface area (Å²) in [7, 11) is 0. The summed E-state index contributed by atoms with van der Waals surface area (Å²) in [5.41, 5.74) is -2.35. The van der Waals surface area contributed by atoms with Gasteiger partial charge in [-0.25, -0.2) is 0 Å². The monoisotopic (exact) mass is 406 g/mol. The van der Waals surface area contributed by atoms with Gasteiger partial charge in [0.1, 0.15) is 11.4 Å². The second-order valence-corrected chi connectivity index (χ2v) is 10.6.